The number of ether oxygens (including phenoxy) is 1. The number of nitrogens with one attached hydrogen (secondary N) is 1. The van der Waals surface area contributed by atoms with Crippen molar-refractivity contribution in [3.05, 3.63) is 46.2 Å². The van der Waals surface area contributed by atoms with Gasteiger partial charge in [-0.05, 0) is 23.6 Å². The first-order chi connectivity index (χ1) is 12.3. The molecule has 0 atom stereocenters. The van der Waals surface area contributed by atoms with Gasteiger partial charge in [-0.1, -0.05) is 0 Å². The van der Waals surface area contributed by atoms with Crippen molar-refractivity contribution in [2.24, 2.45) is 0 Å². The molecule has 0 spiro atoms. The van der Waals surface area contributed by atoms with E-state index in [1.807, 2.05) is 29.0 Å². The van der Waals surface area contributed by atoms with Crippen LogP contribution in [0.2, 0.25) is 0 Å². The molecule has 0 saturated carbocycles. The molecular formula is C17H16N4O2S2. The van der Waals surface area contributed by atoms with Crippen LogP contribution in [0.1, 0.15) is 10.5 Å². The Balaban J connectivity index is 1.53. The number of anilines is 2. The van der Waals surface area contributed by atoms with Gasteiger partial charge in [0.15, 0.2) is 5.82 Å². The van der Waals surface area contributed by atoms with Crippen LogP contribution in [0.25, 0.3) is 10.6 Å². The molecule has 0 radical (unpaired) electrons. The summed E-state index contributed by atoms with van der Waals surface area (Å²) >= 11 is 3.09. The van der Waals surface area contributed by atoms with Gasteiger partial charge in [-0.3, -0.25) is 4.79 Å². The summed E-state index contributed by atoms with van der Waals surface area (Å²) in [6.07, 6.45) is 1.73. The Labute approximate surface area is 153 Å². The Morgan fingerprint density at radius 2 is 2.12 bits per heavy atom. The Morgan fingerprint density at radius 3 is 2.92 bits per heavy atom. The van der Waals surface area contributed by atoms with E-state index in [-0.39, 0.29) is 5.91 Å². The van der Waals surface area contributed by atoms with Crippen molar-refractivity contribution in [2.75, 3.05) is 36.5 Å². The lowest BCUT2D eigenvalue weighted by atomic mass is 10.3. The summed E-state index contributed by atoms with van der Waals surface area (Å²) in [5.74, 6) is 0.549. The molecule has 0 bridgehead atoms. The van der Waals surface area contributed by atoms with Gasteiger partial charge >= 0.3 is 0 Å². The normalized spacial score (nSPS) is 14.5. The Bertz CT molecular complexity index is 857. The molecule has 8 heteroatoms. The number of nitrogens with zero attached hydrogens (tertiary/aromatic N) is 3. The lowest BCUT2D eigenvalue weighted by molar-refractivity contribution is 0.102. The number of pyridine rings is 1. The molecule has 1 aliphatic rings. The molecule has 1 N–H and O–H groups in total. The van der Waals surface area contributed by atoms with Crippen molar-refractivity contribution >= 4 is 40.1 Å². The molecule has 0 aromatic carbocycles. The van der Waals surface area contributed by atoms with E-state index in [9.17, 15) is 4.79 Å². The molecular weight excluding hydrogens is 356 g/mol. The van der Waals surface area contributed by atoms with Crippen LogP contribution in [0.15, 0.2) is 40.5 Å². The van der Waals surface area contributed by atoms with Gasteiger partial charge in [0.25, 0.3) is 5.91 Å². The van der Waals surface area contributed by atoms with Gasteiger partial charge in [0.2, 0.25) is 0 Å². The zero-order chi connectivity index (χ0) is 17.1. The third-order valence-electron chi connectivity index (χ3n) is 3.85. The van der Waals surface area contributed by atoms with Crippen molar-refractivity contribution in [1.82, 2.24) is 9.97 Å². The Morgan fingerprint density at radius 1 is 1.24 bits per heavy atom. The van der Waals surface area contributed by atoms with Crippen molar-refractivity contribution in [3.8, 4) is 10.6 Å². The number of thiophene rings is 1. The van der Waals surface area contributed by atoms with Crippen LogP contribution in [-0.4, -0.2) is 42.2 Å². The van der Waals surface area contributed by atoms with E-state index in [4.69, 9.17) is 4.74 Å². The number of hydrogen-bond donors (Lipinski definition) is 1. The second-order valence-electron chi connectivity index (χ2n) is 5.48. The predicted molar refractivity (Wildman–Crippen MR) is 101 cm³/mol. The lowest BCUT2D eigenvalue weighted by Gasteiger charge is -2.29. The molecule has 4 rings (SSSR count). The fourth-order valence-corrected chi connectivity index (χ4v) is 4.12. The van der Waals surface area contributed by atoms with Crippen LogP contribution in [-0.2, 0) is 4.74 Å². The summed E-state index contributed by atoms with van der Waals surface area (Å²) < 4.78 is 5.39. The molecule has 0 aliphatic carbocycles. The number of hydrogen-bond acceptors (Lipinski definition) is 7. The Kier molecular flexibility index (Phi) is 4.73. The summed E-state index contributed by atoms with van der Waals surface area (Å²) in [6, 6.07) is 5.68. The fourth-order valence-electron chi connectivity index (χ4n) is 2.60. The topological polar surface area (TPSA) is 67.4 Å². The quantitative estimate of drug-likeness (QED) is 0.761. The summed E-state index contributed by atoms with van der Waals surface area (Å²) in [5.41, 5.74) is 2.16. The molecule has 1 amide bonds. The first-order valence-electron chi connectivity index (χ1n) is 7.88. The lowest BCUT2D eigenvalue weighted by Crippen LogP contribution is -2.37. The average Bonchev–Trinajstić information content (AvgIpc) is 3.34. The molecule has 3 aromatic rings. The molecule has 128 valence electrons. The second kappa shape index (κ2) is 7.30. The highest BCUT2D eigenvalue weighted by Crippen LogP contribution is 2.27. The number of thiazole rings is 1. The van der Waals surface area contributed by atoms with Crippen molar-refractivity contribution in [3.63, 3.8) is 0 Å². The van der Waals surface area contributed by atoms with E-state index in [1.54, 1.807) is 22.9 Å². The monoisotopic (exact) mass is 372 g/mol. The molecule has 25 heavy (non-hydrogen) atoms. The molecule has 1 aliphatic heterocycles. The van der Waals surface area contributed by atoms with E-state index in [0.29, 0.717) is 24.6 Å². The second-order valence-corrected chi connectivity index (χ2v) is 7.12. The number of amides is 1. The SMILES string of the molecule is O=C(Nc1cccnc1N1CCOCC1)c1csc(-c2ccsc2)n1. The zero-order valence-electron chi connectivity index (χ0n) is 13.3. The largest absolute Gasteiger partial charge is 0.378 e. The van der Waals surface area contributed by atoms with Crippen molar-refractivity contribution in [1.29, 1.82) is 0 Å². The number of carbonyl (C=O) groups is 1. The van der Waals surface area contributed by atoms with E-state index < -0.39 is 0 Å². The van der Waals surface area contributed by atoms with Crippen LogP contribution in [0.3, 0.4) is 0 Å². The third kappa shape index (κ3) is 3.55. The fraction of sp³-hybridized carbons (Fsp3) is 0.235. The van der Waals surface area contributed by atoms with Gasteiger partial charge in [0.05, 0.1) is 18.9 Å². The van der Waals surface area contributed by atoms with E-state index in [2.05, 4.69) is 20.2 Å². The predicted octanol–water partition coefficient (Wildman–Crippen LogP) is 3.36. The van der Waals surface area contributed by atoms with Gasteiger partial charge in [-0.15, -0.1) is 11.3 Å². The molecule has 4 heterocycles. The van der Waals surface area contributed by atoms with Gasteiger partial charge in [0, 0.05) is 35.6 Å². The number of aromatic nitrogens is 2. The maximum atomic E-state index is 12.6. The minimum Gasteiger partial charge on any atom is -0.378 e. The number of morpholine rings is 1. The summed E-state index contributed by atoms with van der Waals surface area (Å²) in [6.45, 7) is 2.86. The molecule has 1 saturated heterocycles. The smallest absolute Gasteiger partial charge is 0.275 e. The molecule has 3 aromatic heterocycles. The summed E-state index contributed by atoms with van der Waals surface area (Å²) in [7, 11) is 0. The highest BCUT2D eigenvalue weighted by atomic mass is 32.1. The van der Waals surface area contributed by atoms with Crippen LogP contribution >= 0.6 is 22.7 Å². The standard InChI is InChI=1S/C17H16N4O2S2/c22-16(14-11-25-17(20-14)12-3-9-24-10-12)19-13-2-1-4-18-15(13)21-5-7-23-8-6-21/h1-4,9-11H,5-8H2,(H,19,22). The number of rotatable bonds is 4. The average molecular weight is 372 g/mol. The molecule has 0 unspecified atom stereocenters. The zero-order valence-corrected chi connectivity index (χ0v) is 15.0. The van der Waals surface area contributed by atoms with E-state index in [1.165, 1.54) is 11.3 Å². The molecule has 1 fully saturated rings. The minimum absolute atomic E-state index is 0.222. The van der Waals surface area contributed by atoms with Crippen molar-refractivity contribution in [2.45, 2.75) is 0 Å². The first kappa shape index (κ1) is 16.2. The number of carbonyl (C=O) groups excluding carboxylic acids is 1. The maximum absolute atomic E-state index is 12.6. The molecule has 6 nitrogen and oxygen atoms in total. The summed E-state index contributed by atoms with van der Waals surface area (Å²) in [5, 5.41) is 9.61. The van der Waals surface area contributed by atoms with E-state index in [0.717, 1.165) is 29.5 Å². The Hall–Kier alpha value is -2.29. The minimum atomic E-state index is -0.222. The van der Waals surface area contributed by atoms with Crippen molar-refractivity contribution < 1.29 is 9.53 Å². The van der Waals surface area contributed by atoms with E-state index >= 15 is 0 Å². The first-order valence-corrected chi connectivity index (χ1v) is 9.70. The highest BCUT2D eigenvalue weighted by molar-refractivity contribution is 7.14. The maximum Gasteiger partial charge on any atom is 0.275 e. The van der Waals surface area contributed by atoms with Gasteiger partial charge in [0.1, 0.15) is 10.7 Å². The van der Waals surface area contributed by atoms with Crippen LogP contribution in [0.5, 0.6) is 0 Å². The third-order valence-corrected chi connectivity index (χ3v) is 5.43. The van der Waals surface area contributed by atoms with Gasteiger partial charge in [-0.25, -0.2) is 9.97 Å². The summed E-state index contributed by atoms with van der Waals surface area (Å²) in [4.78, 5) is 23.6. The van der Waals surface area contributed by atoms with Crippen LogP contribution in [0.4, 0.5) is 11.5 Å². The van der Waals surface area contributed by atoms with Crippen LogP contribution in [0, 0.1) is 0 Å². The van der Waals surface area contributed by atoms with Crippen LogP contribution < -0.4 is 10.2 Å². The highest BCUT2D eigenvalue weighted by Gasteiger charge is 2.19. The van der Waals surface area contributed by atoms with Gasteiger partial charge in [-0.2, -0.15) is 11.3 Å². The van der Waals surface area contributed by atoms with Gasteiger partial charge < -0.3 is 15.0 Å².